The second kappa shape index (κ2) is 6.88. The average molecular weight is 238 g/mol. The summed E-state index contributed by atoms with van der Waals surface area (Å²) in [4.78, 5) is 10.6. The summed E-state index contributed by atoms with van der Waals surface area (Å²) in [5.74, 6) is 0.109. The van der Waals surface area contributed by atoms with Crippen LogP contribution in [0.1, 0.15) is 12.5 Å². The molecule has 0 radical (unpaired) electrons. The number of carbonyl (C=O) groups is 1. The van der Waals surface area contributed by atoms with E-state index >= 15 is 0 Å². The SMILES string of the molecule is CCOc1ccc(CNCC(O)C(N)=O)cc1. The monoisotopic (exact) mass is 238 g/mol. The van der Waals surface area contributed by atoms with Gasteiger partial charge >= 0.3 is 0 Å². The lowest BCUT2D eigenvalue weighted by Crippen LogP contribution is -2.37. The van der Waals surface area contributed by atoms with Gasteiger partial charge in [-0.05, 0) is 24.6 Å². The molecule has 1 atom stereocenters. The highest BCUT2D eigenvalue weighted by Gasteiger charge is 2.09. The second-order valence-corrected chi connectivity index (χ2v) is 3.63. The van der Waals surface area contributed by atoms with E-state index in [0.29, 0.717) is 13.2 Å². The minimum atomic E-state index is -1.14. The lowest BCUT2D eigenvalue weighted by molar-refractivity contribution is -0.125. The smallest absolute Gasteiger partial charge is 0.247 e. The van der Waals surface area contributed by atoms with Gasteiger partial charge in [0, 0.05) is 13.1 Å². The summed E-state index contributed by atoms with van der Waals surface area (Å²) in [6.07, 6.45) is -1.14. The molecule has 1 unspecified atom stereocenters. The molecule has 0 bridgehead atoms. The maximum Gasteiger partial charge on any atom is 0.247 e. The molecule has 0 aliphatic rings. The highest BCUT2D eigenvalue weighted by molar-refractivity contribution is 5.78. The van der Waals surface area contributed by atoms with Crippen molar-refractivity contribution in [1.29, 1.82) is 0 Å². The summed E-state index contributed by atoms with van der Waals surface area (Å²) in [6.45, 7) is 3.29. The van der Waals surface area contributed by atoms with E-state index in [9.17, 15) is 4.79 Å². The first kappa shape index (κ1) is 13.5. The predicted molar refractivity (Wildman–Crippen MR) is 64.5 cm³/mol. The minimum Gasteiger partial charge on any atom is -0.494 e. The fourth-order valence-corrected chi connectivity index (χ4v) is 1.32. The summed E-state index contributed by atoms with van der Waals surface area (Å²) < 4.78 is 5.31. The van der Waals surface area contributed by atoms with Crippen LogP contribution in [0.3, 0.4) is 0 Å². The van der Waals surface area contributed by atoms with Gasteiger partial charge in [-0.1, -0.05) is 12.1 Å². The number of nitrogens with one attached hydrogen (secondary N) is 1. The van der Waals surface area contributed by atoms with Crippen molar-refractivity contribution in [1.82, 2.24) is 5.32 Å². The molecule has 0 saturated heterocycles. The van der Waals surface area contributed by atoms with Crippen LogP contribution in [0.25, 0.3) is 0 Å². The lowest BCUT2D eigenvalue weighted by atomic mass is 10.2. The standard InChI is InChI=1S/C12H18N2O3/c1-2-17-10-5-3-9(4-6-10)7-14-8-11(15)12(13)16/h3-6,11,14-15H,2,7-8H2,1H3,(H2,13,16). The third kappa shape index (κ3) is 4.84. The van der Waals surface area contributed by atoms with Crippen LogP contribution >= 0.6 is 0 Å². The molecule has 0 aromatic heterocycles. The van der Waals surface area contributed by atoms with Crippen LogP contribution in [0.15, 0.2) is 24.3 Å². The molecule has 1 aromatic rings. The van der Waals surface area contributed by atoms with E-state index in [1.807, 2.05) is 31.2 Å². The van der Waals surface area contributed by atoms with Gasteiger partial charge in [-0.15, -0.1) is 0 Å². The van der Waals surface area contributed by atoms with Gasteiger partial charge in [0.1, 0.15) is 11.9 Å². The molecule has 17 heavy (non-hydrogen) atoms. The maximum absolute atomic E-state index is 10.6. The van der Waals surface area contributed by atoms with Gasteiger partial charge in [-0.2, -0.15) is 0 Å². The van der Waals surface area contributed by atoms with Crippen molar-refractivity contribution in [3.05, 3.63) is 29.8 Å². The van der Waals surface area contributed by atoms with Crippen LogP contribution in [0.2, 0.25) is 0 Å². The Morgan fingerprint density at radius 1 is 1.47 bits per heavy atom. The first-order valence-corrected chi connectivity index (χ1v) is 5.53. The Balaban J connectivity index is 2.34. The zero-order valence-electron chi connectivity index (χ0n) is 9.85. The second-order valence-electron chi connectivity index (χ2n) is 3.63. The molecule has 1 rings (SSSR count). The topological polar surface area (TPSA) is 84.6 Å². The van der Waals surface area contributed by atoms with E-state index < -0.39 is 12.0 Å². The highest BCUT2D eigenvalue weighted by atomic mass is 16.5. The van der Waals surface area contributed by atoms with Crippen LogP contribution in [0.5, 0.6) is 5.75 Å². The van der Waals surface area contributed by atoms with Crippen LogP contribution in [-0.4, -0.2) is 30.3 Å². The number of hydrogen-bond donors (Lipinski definition) is 3. The van der Waals surface area contributed by atoms with Crippen LogP contribution in [0.4, 0.5) is 0 Å². The molecule has 5 nitrogen and oxygen atoms in total. The molecule has 4 N–H and O–H groups in total. The number of rotatable bonds is 7. The third-order valence-corrected chi connectivity index (χ3v) is 2.23. The van der Waals surface area contributed by atoms with Crippen molar-refractivity contribution in [2.45, 2.75) is 19.6 Å². The van der Waals surface area contributed by atoms with Crippen molar-refractivity contribution in [2.24, 2.45) is 5.73 Å². The van der Waals surface area contributed by atoms with Crippen molar-refractivity contribution in [2.75, 3.05) is 13.2 Å². The zero-order valence-corrected chi connectivity index (χ0v) is 9.85. The molecule has 0 heterocycles. The maximum atomic E-state index is 10.6. The van der Waals surface area contributed by atoms with E-state index in [0.717, 1.165) is 11.3 Å². The van der Waals surface area contributed by atoms with Crippen molar-refractivity contribution >= 4 is 5.91 Å². The highest BCUT2D eigenvalue weighted by Crippen LogP contribution is 2.11. The Hall–Kier alpha value is -1.59. The van der Waals surface area contributed by atoms with Gasteiger partial charge in [0.2, 0.25) is 5.91 Å². The summed E-state index contributed by atoms with van der Waals surface area (Å²) in [5.41, 5.74) is 5.97. The van der Waals surface area contributed by atoms with E-state index in [4.69, 9.17) is 15.6 Å². The fraction of sp³-hybridized carbons (Fsp3) is 0.417. The van der Waals surface area contributed by atoms with Gasteiger partial charge < -0.3 is 20.9 Å². The molecule has 1 amide bonds. The summed E-state index contributed by atoms with van der Waals surface area (Å²) in [6, 6.07) is 7.61. The molecule has 0 fully saturated rings. The number of benzene rings is 1. The van der Waals surface area contributed by atoms with Crippen LogP contribution in [-0.2, 0) is 11.3 Å². The van der Waals surface area contributed by atoms with E-state index in [1.54, 1.807) is 0 Å². The van der Waals surface area contributed by atoms with Gasteiger partial charge in [-0.3, -0.25) is 4.79 Å². The van der Waals surface area contributed by atoms with Gasteiger partial charge in [0.15, 0.2) is 0 Å². The molecular weight excluding hydrogens is 220 g/mol. The van der Waals surface area contributed by atoms with Crippen molar-refractivity contribution in [3.63, 3.8) is 0 Å². The van der Waals surface area contributed by atoms with Gasteiger partial charge in [-0.25, -0.2) is 0 Å². The van der Waals surface area contributed by atoms with E-state index in [1.165, 1.54) is 0 Å². The Morgan fingerprint density at radius 3 is 2.65 bits per heavy atom. The molecule has 1 aromatic carbocycles. The normalized spacial score (nSPS) is 12.1. The fourth-order valence-electron chi connectivity index (χ4n) is 1.32. The summed E-state index contributed by atoms with van der Waals surface area (Å²) >= 11 is 0. The predicted octanol–water partition coefficient (Wildman–Crippen LogP) is 0.0211. The Morgan fingerprint density at radius 2 is 2.12 bits per heavy atom. The molecule has 0 spiro atoms. The number of aliphatic hydroxyl groups excluding tert-OH is 1. The van der Waals surface area contributed by atoms with Crippen LogP contribution in [0, 0.1) is 0 Å². The number of ether oxygens (including phenoxy) is 1. The van der Waals surface area contributed by atoms with Crippen molar-refractivity contribution in [3.8, 4) is 5.75 Å². The first-order chi connectivity index (χ1) is 8.13. The number of hydrogen-bond acceptors (Lipinski definition) is 4. The Kier molecular flexibility index (Phi) is 5.45. The minimum absolute atomic E-state index is 0.155. The number of carbonyl (C=O) groups excluding carboxylic acids is 1. The Bertz CT molecular complexity index is 351. The number of nitrogens with two attached hydrogens (primary N) is 1. The summed E-state index contributed by atoms with van der Waals surface area (Å²) in [5, 5.41) is 12.1. The molecule has 5 heteroatoms. The number of primary amides is 1. The number of amides is 1. The molecule has 0 aliphatic heterocycles. The Labute approximate surface area is 101 Å². The number of aliphatic hydroxyl groups is 1. The van der Waals surface area contributed by atoms with E-state index in [2.05, 4.69) is 5.32 Å². The molecule has 94 valence electrons. The van der Waals surface area contributed by atoms with Gasteiger partial charge in [0.25, 0.3) is 0 Å². The quantitative estimate of drug-likeness (QED) is 0.625. The van der Waals surface area contributed by atoms with Gasteiger partial charge in [0.05, 0.1) is 6.61 Å². The first-order valence-electron chi connectivity index (χ1n) is 5.53. The zero-order chi connectivity index (χ0) is 12.7. The van der Waals surface area contributed by atoms with Crippen LogP contribution < -0.4 is 15.8 Å². The third-order valence-electron chi connectivity index (χ3n) is 2.23. The molecule has 0 aliphatic carbocycles. The largest absolute Gasteiger partial charge is 0.494 e. The summed E-state index contributed by atoms with van der Waals surface area (Å²) in [7, 11) is 0. The molecule has 0 saturated carbocycles. The lowest BCUT2D eigenvalue weighted by Gasteiger charge is -2.09. The van der Waals surface area contributed by atoms with Crippen molar-refractivity contribution < 1.29 is 14.6 Å². The average Bonchev–Trinajstić information content (AvgIpc) is 2.31. The molecular formula is C12H18N2O3. The van der Waals surface area contributed by atoms with E-state index in [-0.39, 0.29) is 6.54 Å².